The van der Waals surface area contributed by atoms with Crippen LogP contribution in [0.4, 0.5) is 11.8 Å². The van der Waals surface area contributed by atoms with Gasteiger partial charge >= 0.3 is 0 Å². The second-order valence-electron chi connectivity index (χ2n) is 7.68. The van der Waals surface area contributed by atoms with Crippen molar-refractivity contribution >= 4 is 11.8 Å². The number of aliphatic hydroxyl groups excluding tert-OH is 1. The van der Waals surface area contributed by atoms with E-state index in [4.69, 9.17) is 4.98 Å². The van der Waals surface area contributed by atoms with E-state index < -0.39 is 0 Å². The Morgan fingerprint density at radius 2 is 1.74 bits per heavy atom. The molecule has 0 spiro atoms. The summed E-state index contributed by atoms with van der Waals surface area (Å²) in [5.41, 5.74) is 2.27. The molecule has 1 unspecified atom stereocenters. The minimum absolute atomic E-state index is 0.387. The highest BCUT2D eigenvalue weighted by Gasteiger charge is 2.24. The maximum Gasteiger partial charge on any atom is 0.227 e. The first-order valence-electron chi connectivity index (χ1n) is 9.97. The predicted molar refractivity (Wildman–Crippen MR) is 108 cm³/mol. The van der Waals surface area contributed by atoms with Gasteiger partial charge in [-0.2, -0.15) is 4.98 Å². The lowest BCUT2D eigenvalue weighted by atomic mass is 10.2. The zero-order chi connectivity index (χ0) is 18.6. The van der Waals surface area contributed by atoms with Crippen LogP contribution in [0.1, 0.15) is 24.1 Å². The Kier molecular flexibility index (Phi) is 5.55. The van der Waals surface area contributed by atoms with Crippen LogP contribution in [0.2, 0.25) is 0 Å². The molecule has 2 aromatic rings. The average Bonchev–Trinajstić information content (AvgIpc) is 3.13. The fraction of sp³-hybridized carbons (Fsp3) is 0.524. The van der Waals surface area contributed by atoms with Crippen LogP contribution in [-0.4, -0.2) is 65.3 Å². The molecule has 0 saturated carbocycles. The summed E-state index contributed by atoms with van der Waals surface area (Å²) in [4.78, 5) is 16.3. The van der Waals surface area contributed by atoms with Crippen LogP contribution in [0.5, 0.6) is 0 Å². The molecular formula is C21H29N5O. The number of hydrogen-bond donors (Lipinski definition) is 1. The number of anilines is 2. The molecule has 0 bridgehead atoms. The van der Waals surface area contributed by atoms with Crippen molar-refractivity contribution in [3.05, 3.63) is 47.7 Å². The number of β-amino-alcohol motifs (C(OH)–C–C–N with tert-alkyl or cyclic N) is 1. The molecular weight excluding hydrogens is 338 g/mol. The summed E-state index contributed by atoms with van der Waals surface area (Å²) < 4.78 is 0. The van der Waals surface area contributed by atoms with Gasteiger partial charge in [0, 0.05) is 57.6 Å². The van der Waals surface area contributed by atoms with Crippen LogP contribution in [0.15, 0.2) is 36.4 Å². The quantitative estimate of drug-likeness (QED) is 0.893. The van der Waals surface area contributed by atoms with E-state index in [1.54, 1.807) is 0 Å². The third-order valence-electron chi connectivity index (χ3n) is 5.38. The lowest BCUT2D eigenvalue weighted by Gasteiger charge is -2.25. The van der Waals surface area contributed by atoms with Gasteiger partial charge in [-0.25, -0.2) is 4.98 Å². The molecule has 1 aromatic carbocycles. The topological polar surface area (TPSA) is 55.7 Å². The second kappa shape index (κ2) is 8.23. The van der Waals surface area contributed by atoms with Gasteiger partial charge in [-0.3, -0.25) is 4.90 Å². The number of aliphatic hydroxyl groups is 1. The molecule has 0 radical (unpaired) electrons. The molecule has 2 aliphatic rings. The number of rotatable bonds is 4. The zero-order valence-electron chi connectivity index (χ0n) is 16.1. The Morgan fingerprint density at radius 3 is 2.52 bits per heavy atom. The van der Waals surface area contributed by atoms with Gasteiger partial charge in [-0.15, -0.1) is 0 Å². The van der Waals surface area contributed by atoms with Gasteiger partial charge in [-0.1, -0.05) is 30.3 Å². The Balaban J connectivity index is 1.48. The van der Waals surface area contributed by atoms with Crippen LogP contribution >= 0.6 is 0 Å². The number of nitrogens with zero attached hydrogens (tertiary/aromatic N) is 5. The molecule has 144 valence electrons. The summed E-state index contributed by atoms with van der Waals surface area (Å²) in [5, 5.41) is 10.6. The van der Waals surface area contributed by atoms with Gasteiger partial charge in [0.25, 0.3) is 0 Å². The minimum Gasteiger partial charge on any atom is -0.390 e. The van der Waals surface area contributed by atoms with E-state index in [1.165, 1.54) is 18.4 Å². The SMILES string of the molecule is Cc1cc(N2CCN(Cc3ccccc3)CC(O)C2)nc(N2CCCC2)n1. The number of benzene rings is 1. The summed E-state index contributed by atoms with van der Waals surface area (Å²) >= 11 is 0. The first-order chi connectivity index (χ1) is 13.2. The van der Waals surface area contributed by atoms with Crippen molar-refractivity contribution in [1.29, 1.82) is 0 Å². The van der Waals surface area contributed by atoms with E-state index in [2.05, 4.69) is 43.9 Å². The fourth-order valence-electron chi connectivity index (χ4n) is 4.01. The molecule has 1 N–H and O–H groups in total. The Hall–Kier alpha value is -2.18. The van der Waals surface area contributed by atoms with E-state index in [0.29, 0.717) is 13.1 Å². The van der Waals surface area contributed by atoms with Crippen LogP contribution in [-0.2, 0) is 6.54 Å². The van der Waals surface area contributed by atoms with E-state index in [0.717, 1.165) is 50.2 Å². The van der Waals surface area contributed by atoms with E-state index >= 15 is 0 Å². The van der Waals surface area contributed by atoms with E-state index in [-0.39, 0.29) is 6.10 Å². The Morgan fingerprint density at radius 1 is 0.963 bits per heavy atom. The molecule has 3 heterocycles. The monoisotopic (exact) mass is 367 g/mol. The molecule has 2 saturated heterocycles. The summed E-state index contributed by atoms with van der Waals surface area (Å²) in [6.07, 6.45) is 2.04. The normalized spacial score (nSPS) is 21.5. The molecule has 2 fully saturated rings. The number of aryl methyl sites for hydroxylation is 1. The van der Waals surface area contributed by atoms with Crippen molar-refractivity contribution in [3.63, 3.8) is 0 Å². The molecule has 4 rings (SSSR count). The molecule has 1 atom stereocenters. The van der Waals surface area contributed by atoms with Gasteiger partial charge < -0.3 is 14.9 Å². The highest BCUT2D eigenvalue weighted by molar-refractivity contribution is 5.46. The average molecular weight is 367 g/mol. The van der Waals surface area contributed by atoms with E-state index in [9.17, 15) is 5.11 Å². The van der Waals surface area contributed by atoms with Crippen LogP contribution in [0.3, 0.4) is 0 Å². The Labute approximate surface area is 161 Å². The molecule has 0 amide bonds. The van der Waals surface area contributed by atoms with Crippen LogP contribution in [0, 0.1) is 6.92 Å². The summed E-state index contributed by atoms with van der Waals surface area (Å²) in [5.74, 6) is 1.77. The highest BCUT2D eigenvalue weighted by atomic mass is 16.3. The van der Waals surface area contributed by atoms with Crippen molar-refractivity contribution in [3.8, 4) is 0 Å². The third-order valence-corrected chi connectivity index (χ3v) is 5.38. The lowest BCUT2D eigenvalue weighted by Crippen LogP contribution is -2.34. The van der Waals surface area contributed by atoms with Crippen molar-refractivity contribution in [2.75, 3.05) is 49.1 Å². The molecule has 0 aliphatic carbocycles. The zero-order valence-corrected chi connectivity index (χ0v) is 16.1. The summed E-state index contributed by atoms with van der Waals surface area (Å²) in [6.45, 7) is 8.05. The lowest BCUT2D eigenvalue weighted by molar-refractivity contribution is 0.129. The second-order valence-corrected chi connectivity index (χ2v) is 7.68. The van der Waals surface area contributed by atoms with Crippen LogP contribution in [0.25, 0.3) is 0 Å². The first-order valence-corrected chi connectivity index (χ1v) is 9.97. The minimum atomic E-state index is -0.387. The Bertz CT molecular complexity index is 747. The van der Waals surface area contributed by atoms with Crippen LogP contribution < -0.4 is 9.80 Å². The van der Waals surface area contributed by atoms with Crippen molar-refractivity contribution in [2.24, 2.45) is 0 Å². The van der Waals surface area contributed by atoms with Crippen molar-refractivity contribution in [2.45, 2.75) is 32.4 Å². The van der Waals surface area contributed by atoms with Gasteiger partial charge in [0.15, 0.2) is 0 Å². The molecule has 6 nitrogen and oxygen atoms in total. The maximum atomic E-state index is 10.6. The smallest absolute Gasteiger partial charge is 0.227 e. The van der Waals surface area contributed by atoms with Crippen molar-refractivity contribution < 1.29 is 5.11 Å². The molecule has 27 heavy (non-hydrogen) atoms. The summed E-state index contributed by atoms with van der Waals surface area (Å²) in [7, 11) is 0. The number of hydrogen-bond acceptors (Lipinski definition) is 6. The fourth-order valence-corrected chi connectivity index (χ4v) is 4.01. The largest absolute Gasteiger partial charge is 0.390 e. The van der Waals surface area contributed by atoms with Crippen molar-refractivity contribution in [1.82, 2.24) is 14.9 Å². The molecule has 6 heteroatoms. The van der Waals surface area contributed by atoms with Gasteiger partial charge in [-0.05, 0) is 25.3 Å². The van der Waals surface area contributed by atoms with Gasteiger partial charge in [0.05, 0.1) is 6.10 Å². The first kappa shape index (κ1) is 18.2. The number of aromatic nitrogens is 2. The standard InChI is InChI=1S/C21H29N5O/c1-17-13-20(23-21(22-17)25-9-5-6-10-25)26-12-11-24(15-19(27)16-26)14-18-7-3-2-4-8-18/h2-4,7-8,13,19,27H,5-6,9-12,14-16H2,1H3. The maximum absolute atomic E-state index is 10.6. The summed E-state index contributed by atoms with van der Waals surface area (Å²) in [6, 6.07) is 12.5. The predicted octanol–water partition coefficient (Wildman–Crippen LogP) is 2.07. The highest BCUT2D eigenvalue weighted by Crippen LogP contribution is 2.22. The van der Waals surface area contributed by atoms with Gasteiger partial charge in [0.2, 0.25) is 5.95 Å². The van der Waals surface area contributed by atoms with E-state index in [1.807, 2.05) is 19.1 Å². The van der Waals surface area contributed by atoms with Gasteiger partial charge in [0.1, 0.15) is 5.82 Å². The molecule has 1 aromatic heterocycles. The third kappa shape index (κ3) is 4.57. The molecule has 2 aliphatic heterocycles.